The summed E-state index contributed by atoms with van der Waals surface area (Å²) >= 11 is 6.31. The number of piperazine rings is 1. The molecule has 4 rings (SSSR count). The van der Waals surface area contributed by atoms with Gasteiger partial charge in [0, 0.05) is 31.7 Å². The summed E-state index contributed by atoms with van der Waals surface area (Å²) in [5.74, 6) is 2.04. The molecular formula is C20H21ClN4O2. The number of ether oxygens (including phenoxy) is 1. The molecule has 1 fully saturated rings. The highest BCUT2D eigenvalue weighted by Gasteiger charge is 2.20. The predicted octanol–water partition coefficient (Wildman–Crippen LogP) is 3.72. The summed E-state index contributed by atoms with van der Waals surface area (Å²) in [6.07, 6.45) is 0. The van der Waals surface area contributed by atoms with E-state index in [1.54, 1.807) is 7.11 Å². The summed E-state index contributed by atoms with van der Waals surface area (Å²) in [5, 5.41) is 4.90. The van der Waals surface area contributed by atoms with E-state index in [-0.39, 0.29) is 0 Å². The Bertz CT molecular complexity index is 889. The lowest BCUT2D eigenvalue weighted by atomic mass is 10.2. The molecule has 0 saturated carbocycles. The Morgan fingerprint density at radius 2 is 1.78 bits per heavy atom. The molecule has 140 valence electrons. The van der Waals surface area contributed by atoms with Crippen LogP contribution in [0.1, 0.15) is 5.89 Å². The molecule has 0 bridgehead atoms. The molecule has 0 radical (unpaired) electrons. The number of aromatic nitrogens is 2. The average Bonchev–Trinajstić information content (AvgIpc) is 3.18. The molecule has 1 aliphatic heterocycles. The minimum absolute atomic E-state index is 0.599. The topological polar surface area (TPSA) is 54.6 Å². The van der Waals surface area contributed by atoms with E-state index in [2.05, 4.69) is 26.0 Å². The smallest absolute Gasteiger partial charge is 0.241 e. The standard InChI is InChI=1S/C20H21ClN4O2/c1-26-16-8-6-15(7-9-16)20-22-19(27-23-20)14-24-10-12-25(13-11-24)18-5-3-2-4-17(18)21/h2-9H,10-14H2,1H3. The van der Waals surface area contributed by atoms with Crippen LogP contribution in [0.3, 0.4) is 0 Å². The number of benzene rings is 2. The van der Waals surface area contributed by atoms with Crippen LogP contribution < -0.4 is 9.64 Å². The Labute approximate surface area is 163 Å². The van der Waals surface area contributed by atoms with Crippen molar-refractivity contribution >= 4 is 17.3 Å². The number of rotatable bonds is 5. The largest absolute Gasteiger partial charge is 0.497 e. The molecule has 0 amide bonds. The van der Waals surface area contributed by atoms with Crippen molar-refractivity contribution < 1.29 is 9.26 Å². The van der Waals surface area contributed by atoms with Crippen LogP contribution in [0, 0.1) is 0 Å². The van der Waals surface area contributed by atoms with Gasteiger partial charge in [-0.1, -0.05) is 28.9 Å². The van der Waals surface area contributed by atoms with Gasteiger partial charge in [-0.2, -0.15) is 4.98 Å². The predicted molar refractivity (Wildman–Crippen MR) is 105 cm³/mol. The Morgan fingerprint density at radius 3 is 2.48 bits per heavy atom. The highest BCUT2D eigenvalue weighted by Crippen LogP contribution is 2.26. The maximum atomic E-state index is 6.31. The molecule has 1 aliphatic rings. The van der Waals surface area contributed by atoms with E-state index in [0.29, 0.717) is 18.3 Å². The molecule has 0 unspecified atom stereocenters. The summed E-state index contributed by atoms with van der Waals surface area (Å²) in [6.45, 7) is 4.34. The maximum absolute atomic E-state index is 6.31. The third kappa shape index (κ3) is 4.07. The fourth-order valence-electron chi connectivity index (χ4n) is 3.22. The highest BCUT2D eigenvalue weighted by atomic mass is 35.5. The van der Waals surface area contributed by atoms with E-state index in [9.17, 15) is 0 Å². The maximum Gasteiger partial charge on any atom is 0.241 e. The molecule has 6 nitrogen and oxygen atoms in total. The molecule has 7 heteroatoms. The van der Waals surface area contributed by atoms with Gasteiger partial charge in [-0.3, -0.25) is 4.90 Å². The van der Waals surface area contributed by atoms with Gasteiger partial charge >= 0.3 is 0 Å². The summed E-state index contributed by atoms with van der Waals surface area (Å²) in [7, 11) is 1.65. The van der Waals surface area contributed by atoms with Crippen LogP contribution >= 0.6 is 11.6 Å². The Kier molecular flexibility index (Phi) is 5.27. The van der Waals surface area contributed by atoms with Gasteiger partial charge in [0.1, 0.15) is 5.75 Å². The van der Waals surface area contributed by atoms with Gasteiger partial charge in [-0.05, 0) is 36.4 Å². The van der Waals surface area contributed by atoms with Gasteiger partial charge in [0.2, 0.25) is 11.7 Å². The second-order valence-corrected chi connectivity index (χ2v) is 6.86. The molecule has 0 atom stereocenters. The molecule has 0 N–H and O–H groups in total. The molecule has 2 heterocycles. The third-order valence-corrected chi connectivity index (χ3v) is 5.06. The molecule has 3 aromatic rings. The normalized spacial score (nSPS) is 15.1. The number of para-hydroxylation sites is 1. The molecule has 0 aliphatic carbocycles. The first-order valence-electron chi connectivity index (χ1n) is 8.92. The Morgan fingerprint density at radius 1 is 1.04 bits per heavy atom. The van der Waals surface area contributed by atoms with Crippen LogP contribution in [0.15, 0.2) is 53.1 Å². The zero-order valence-corrected chi connectivity index (χ0v) is 15.9. The lowest BCUT2D eigenvalue weighted by molar-refractivity contribution is 0.215. The van der Waals surface area contributed by atoms with Crippen molar-refractivity contribution in [3.63, 3.8) is 0 Å². The molecule has 1 aromatic heterocycles. The van der Waals surface area contributed by atoms with Crippen LogP contribution in [0.2, 0.25) is 5.02 Å². The van der Waals surface area contributed by atoms with Crippen molar-refractivity contribution in [2.45, 2.75) is 6.54 Å². The van der Waals surface area contributed by atoms with Gasteiger partial charge in [-0.25, -0.2) is 0 Å². The van der Waals surface area contributed by atoms with E-state index >= 15 is 0 Å². The van der Waals surface area contributed by atoms with Crippen LogP contribution in [-0.2, 0) is 6.54 Å². The lowest BCUT2D eigenvalue weighted by Gasteiger charge is -2.35. The monoisotopic (exact) mass is 384 g/mol. The zero-order valence-electron chi connectivity index (χ0n) is 15.1. The molecule has 1 saturated heterocycles. The van der Waals surface area contributed by atoms with Gasteiger partial charge in [0.05, 0.1) is 24.4 Å². The quantitative estimate of drug-likeness (QED) is 0.668. The highest BCUT2D eigenvalue weighted by molar-refractivity contribution is 6.33. The number of hydrogen-bond donors (Lipinski definition) is 0. The fraction of sp³-hybridized carbons (Fsp3) is 0.300. The van der Waals surface area contributed by atoms with E-state index < -0.39 is 0 Å². The first-order chi connectivity index (χ1) is 13.2. The van der Waals surface area contributed by atoms with Crippen molar-refractivity contribution in [3.05, 3.63) is 59.4 Å². The number of hydrogen-bond acceptors (Lipinski definition) is 6. The van der Waals surface area contributed by atoms with Gasteiger partial charge in [0.25, 0.3) is 0 Å². The van der Waals surface area contributed by atoms with Crippen molar-refractivity contribution in [1.29, 1.82) is 0 Å². The van der Waals surface area contributed by atoms with E-state index in [1.165, 1.54) is 0 Å². The summed E-state index contributed by atoms with van der Waals surface area (Å²) in [5.41, 5.74) is 2.01. The summed E-state index contributed by atoms with van der Waals surface area (Å²) in [6, 6.07) is 15.6. The molecule has 0 spiro atoms. The van der Waals surface area contributed by atoms with Gasteiger partial charge in [-0.15, -0.1) is 0 Å². The summed E-state index contributed by atoms with van der Waals surface area (Å²) < 4.78 is 10.6. The van der Waals surface area contributed by atoms with Crippen molar-refractivity contribution in [1.82, 2.24) is 15.0 Å². The first kappa shape index (κ1) is 17.8. The number of nitrogens with zero attached hydrogens (tertiary/aromatic N) is 4. The Balaban J connectivity index is 1.35. The number of halogens is 1. The van der Waals surface area contributed by atoms with Crippen molar-refractivity contribution in [2.24, 2.45) is 0 Å². The third-order valence-electron chi connectivity index (χ3n) is 4.74. The molecule has 27 heavy (non-hydrogen) atoms. The van der Waals surface area contributed by atoms with Crippen LogP contribution in [0.5, 0.6) is 5.75 Å². The summed E-state index contributed by atoms with van der Waals surface area (Å²) in [4.78, 5) is 9.16. The minimum Gasteiger partial charge on any atom is -0.497 e. The number of anilines is 1. The lowest BCUT2D eigenvalue weighted by Crippen LogP contribution is -2.46. The second kappa shape index (κ2) is 7.98. The van der Waals surface area contributed by atoms with Crippen LogP contribution in [0.25, 0.3) is 11.4 Å². The van der Waals surface area contributed by atoms with E-state index in [0.717, 1.165) is 48.2 Å². The van der Waals surface area contributed by atoms with Crippen molar-refractivity contribution in [2.75, 3.05) is 38.2 Å². The number of methoxy groups -OCH3 is 1. The van der Waals surface area contributed by atoms with Crippen molar-refractivity contribution in [3.8, 4) is 17.1 Å². The SMILES string of the molecule is COc1ccc(-c2noc(CN3CCN(c4ccccc4Cl)CC3)n2)cc1. The van der Waals surface area contributed by atoms with E-state index in [1.807, 2.05) is 42.5 Å². The average molecular weight is 385 g/mol. The Hall–Kier alpha value is -2.57. The zero-order chi connectivity index (χ0) is 18.6. The van der Waals surface area contributed by atoms with Crippen LogP contribution in [0.4, 0.5) is 5.69 Å². The molecular weight excluding hydrogens is 364 g/mol. The molecule has 2 aromatic carbocycles. The van der Waals surface area contributed by atoms with Gasteiger partial charge < -0.3 is 14.2 Å². The second-order valence-electron chi connectivity index (χ2n) is 6.45. The van der Waals surface area contributed by atoms with Gasteiger partial charge in [0.15, 0.2) is 0 Å². The fourth-order valence-corrected chi connectivity index (χ4v) is 3.48. The van der Waals surface area contributed by atoms with Crippen LogP contribution in [-0.4, -0.2) is 48.3 Å². The van der Waals surface area contributed by atoms with E-state index in [4.69, 9.17) is 20.9 Å². The minimum atomic E-state index is 0.599. The first-order valence-corrected chi connectivity index (χ1v) is 9.29.